The van der Waals surface area contributed by atoms with Gasteiger partial charge in [-0.1, -0.05) is 36.4 Å². The van der Waals surface area contributed by atoms with Gasteiger partial charge in [-0.15, -0.1) is 0 Å². The molecular weight excluding hydrogens is 286 g/mol. The highest BCUT2D eigenvalue weighted by molar-refractivity contribution is 5.32. The van der Waals surface area contributed by atoms with Gasteiger partial charge in [0.05, 0.1) is 0 Å². The minimum Gasteiger partial charge on any atom is -0.508 e. The lowest BCUT2D eigenvalue weighted by Gasteiger charge is -2.23. The highest BCUT2D eigenvalue weighted by Crippen LogP contribution is 2.37. The van der Waals surface area contributed by atoms with E-state index < -0.39 is 0 Å². The lowest BCUT2D eigenvalue weighted by molar-refractivity contribution is 0.148. The predicted molar refractivity (Wildman–Crippen MR) is 92.6 cm³/mol. The SMILES string of the molecule is CN(CCC(Oc1cccc(O)c1)C1CC1)Cc1ccccc1. The van der Waals surface area contributed by atoms with Crippen molar-refractivity contribution < 1.29 is 9.84 Å². The number of rotatable bonds is 8. The molecule has 0 aromatic heterocycles. The van der Waals surface area contributed by atoms with Crippen LogP contribution in [0.25, 0.3) is 0 Å². The summed E-state index contributed by atoms with van der Waals surface area (Å²) in [4.78, 5) is 2.34. The first-order valence-electron chi connectivity index (χ1n) is 8.39. The quantitative estimate of drug-likeness (QED) is 0.797. The van der Waals surface area contributed by atoms with Gasteiger partial charge in [-0.25, -0.2) is 0 Å². The van der Waals surface area contributed by atoms with Crippen LogP contribution >= 0.6 is 0 Å². The summed E-state index contributed by atoms with van der Waals surface area (Å²) in [5.74, 6) is 1.70. The van der Waals surface area contributed by atoms with Crippen LogP contribution in [0.15, 0.2) is 54.6 Å². The first-order valence-corrected chi connectivity index (χ1v) is 8.39. The second-order valence-corrected chi connectivity index (χ2v) is 6.50. The maximum Gasteiger partial charge on any atom is 0.123 e. The molecule has 1 atom stereocenters. The van der Waals surface area contributed by atoms with E-state index in [0.717, 1.165) is 25.3 Å². The Bertz CT molecular complexity index is 610. The van der Waals surface area contributed by atoms with E-state index in [4.69, 9.17) is 4.74 Å². The summed E-state index contributed by atoms with van der Waals surface area (Å²) in [6, 6.07) is 17.7. The third-order valence-electron chi connectivity index (χ3n) is 4.34. The van der Waals surface area contributed by atoms with Crippen molar-refractivity contribution in [3.05, 3.63) is 60.2 Å². The molecule has 0 spiro atoms. The fraction of sp³-hybridized carbons (Fsp3) is 0.400. The van der Waals surface area contributed by atoms with E-state index >= 15 is 0 Å². The van der Waals surface area contributed by atoms with Gasteiger partial charge in [-0.05, 0) is 49.9 Å². The first-order chi connectivity index (χ1) is 11.2. The molecule has 0 saturated heterocycles. The van der Waals surface area contributed by atoms with Crippen LogP contribution in [0.4, 0.5) is 0 Å². The third kappa shape index (κ3) is 5.00. The van der Waals surface area contributed by atoms with E-state index in [1.54, 1.807) is 12.1 Å². The molecule has 1 N–H and O–H groups in total. The van der Waals surface area contributed by atoms with Crippen LogP contribution in [-0.4, -0.2) is 29.7 Å². The molecule has 0 amide bonds. The van der Waals surface area contributed by atoms with Gasteiger partial charge in [0.25, 0.3) is 0 Å². The Balaban J connectivity index is 1.51. The fourth-order valence-corrected chi connectivity index (χ4v) is 2.91. The highest BCUT2D eigenvalue weighted by Gasteiger charge is 2.32. The predicted octanol–water partition coefficient (Wildman–Crippen LogP) is 4.07. The Labute approximate surface area is 138 Å². The van der Waals surface area contributed by atoms with Crippen molar-refractivity contribution in [2.75, 3.05) is 13.6 Å². The van der Waals surface area contributed by atoms with Gasteiger partial charge in [0, 0.05) is 19.2 Å². The van der Waals surface area contributed by atoms with Crippen LogP contribution in [0.2, 0.25) is 0 Å². The standard InChI is InChI=1S/C20H25NO2/c1-21(15-16-6-3-2-4-7-16)13-12-20(17-10-11-17)23-19-9-5-8-18(22)14-19/h2-9,14,17,20,22H,10-13,15H2,1H3. The van der Waals surface area contributed by atoms with Gasteiger partial charge in [0.2, 0.25) is 0 Å². The highest BCUT2D eigenvalue weighted by atomic mass is 16.5. The van der Waals surface area contributed by atoms with E-state index in [1.165, 1.54) is 18.4 Å². The van der Waals surface area contributed by atoms with Crippen molar-refractivity contribution >= 4 is 0 Å². The smallest absolute Gasteiger partial charge is 0.123 e. The van der Waals surface area contributed by atoms with Gasteiger partial charge in [0.1, 0.15) is 17.6 Å². The summed E-state index contributed by atoms with van der Waals surface area (Å²) < 4.78 is 6.13. The number of ether oxygens (including phenoxy) is 1. The number of hydrogen-bond acceptors (Lipinski definition) is 3. The number of phenolic OH excluding ortho intramolecular Hbond substituents is 1. The lowest BCUT2D eigenvalue weighted by atomic mass is 10.1. The number of hydrogen-bond donors (Lipinski definition) is 1. The molecule has 23 heavy (non-hydrogen) atoms. The van der Waals surface area contributed by atoms with Gasteiger partial charge >= 0.3 is 0 Å². The average Bonchev–Trinajstić information content (AvgIpc) is 3.37. The van der Waals surface area contributed by atoms with E-state index in [-0.39, 0.29) is 11.9 Å². The molecule has 122 valence electrons. The molecule has 1 unspecified atom stereocenters. The van der Waals surface area contributed by atoms with Crippen LogP contribution in [-0.2, 0) is 6.54 Å². The Morgan fingerprint density at radius 3 is 2.61 bits per heavy atom. The fourth-order valence-electron chi connectivity index (χ4n) is 2.91. The summed E-state index contributed by atoms with van der Waals surface area (Å²) >= 11 is 0. The zero-order chi connectivity index (χ0) is 16.1. The molecule has 1 aliphatic carbocycles. The first kappa shape index (κ1) is 15.9. The second-order valence-electron chi connectivity index (χ2n) is 6.50. The second kappa shape index (κ2) is 7.51. The van der Waals surface area contributed by atoms with E-state index in [0.29, 0.717) is 5.92 Å². The third-order valence-corrected chi connectivity index (χ3v) is 4.34. The number of nitrogens with zero attached hydrogens (tertiary/aromatic N) is 1. The molecule has 3 rings (SSSR count). The zero-order valence-electron chi connectivity index (χ0n) is 13.7. The summed E-state index contributed by atoms with van der Waals surface area (Å²) in [6.45, 7) is 1.97. The van der Waals surface area contributed by atoms with Crippen molar-refractivity contribution in [1.82, 2.24) is 4.90 Å². The van der Waals surface area contributed by atoms with Crippen LogP contribution in [0, 0.1) is 5.92 Å². The van der Waals surface area contributed by atoms with Gasteiger partial charge in [-0.2, -0.15) is 0 Å². The zero-order valence-corrected chi connectivity index (χ0v) is 13.7. The Kier molecular flexibility index (Phi) is 5.19. The Morgan fingerprint density at radius 2 is 1.91 bits per heavy atom. The average molecular weight is 311 g/mol. The normalized spacial score (nSPS) is 15.6. The maximum absolute atomic E-state index is 9.57. The Hall–Kier alpha value is -2.00. The van der Waals surface area contributed by atoms with Crippen molar-refractivity contribution in [1.29, 1.82) is 0 Å². The molecule has 1 aliphatic rings. The molecule has 0 heterocycles. The van der Waals surface area contributed by atoms with Crippen LogP contribution < -0.4 is 4.74 Å². The molecule has 1 saturated carbocycles. The summed E-state index contributed by atoms with van der Waals surface area (Å²) in [6.07, 6.45) is 3.77. The Morgan fingerprint density at radius 1 is 1.13 bits per heavy atom. The molecule has 3 heteroatoms. The summed E-state index contributed by atoms with van der Waals surface area (Å²) in [5.41, 5.74) is 1.34. The topological polar surface area (TPSA) is 32.7 Å². The van der Waals surface area contributed by atoms with E-state index in [9.17, 15) is 5.11 Å². The molecule has 0 radical (unpaired) electrons. The number of benzene rings is 2. The number of aromatic hydroxyl groups is 1. The largest absolute Gasteiger partial charge is 0.508 e. The van der Waals surface area contributed by atoms with Crippen molar-refractivity contribution in [3.63, 3.8) is 0 Å². The minimum atomic E-state index is 0.245. The van der Waals surface area contributed by atoms with Crippen molar-refractivity contribution in [3.8, 4) is 11.5 Å². The summed E-state index contributed by atoms with van der Waals surface area (Å²) in [7, 11) is 2.16. The van der Waals surface area contributed by atoms with Crippen molar-refractivity contribution in [2.45, 2.75) is 31.9 Å². The van der Waals surface area contributed by atoms with Crippen LogP contribution in [0.3, 0.4) is 0 Å². The molecule has 0 bridgehead atoms. The molecular formula is C20H25NO2. The molecule has 3 nitrogen and oxygen atoms in total. The molecule has 1 fully saturated rings. The van der Waals surface area contributed by atoms with E-state index in [1.807, 2.05) is 12.1 Å². The van der Waals surface area contributed by atoms with Crippen LogP contribution in [0.1, 0.15) is 24.8 Å². The lowest BCUT2D eigenvalue weighted by Crippen LogP contribution is -2.27. The monoisotopic (exact) mass is 311 g/mol. The molecule has 2 aromatic rings. The summed E-state index contributed by atoms with van der Waals surface area (Å²) in [5, 5.41) is 9.57. The van der Waals surface area contributed by atoms with Gasteiger partial charge in [0.15, 0.2) is 0 Å². The molecule has 0 aliphatic heterocycles. The van der Waals surface area contributed by atoms with E-state index in [2.05, 4.69) is 42.3 Å². The van der Waals surface area contributed by atoms with Crippen molar-refractivity contribution in [2.24, 2.45) is 5.92 Å². The molecule has 2 aromatic carbocycles. The minimum absolute atomic E-state index is 0.245. The number of phenols is 1. The van der Waals surface area contributed by atoms with Gasteiger partial charge < -0.3 is 14.7 Å². The van der Waals surface area contributed by atoms with Crippen LogP contribution in [0.5, 0.6) is 11.5 Å². The maximum atomic E-state index is 9.57. The van der Waals surface area contributed by atoms with Gasteiger partial charge in [-0.3, -0.25) is 0 Å².